The number of amides is 1. The van der Waals surface area contributed by atoms with Crippen LogP contribution in [0, 0.1) is 6.92 Å². The highest BCUT2D eigenvalue weighted by molar-refractivity contribution is 7.89. The van der Waals surface area contributed by atoms with Gasteiger partial charge < -0.3 is 5.32 Å². The van der Waals surface area contributed by atoms with E-state index in [9.17, 15) is 13.2 Å². The second kappa shape index (κ2) is 7.39. The van der Waals surface area contributed by atoms with Crippen LogP contribution in [0.2, 0.25) is 0 Å². The molecule has 0 atom stereocenters. The van der Waals surface area contributed by atoms with Crippen molar-refractivity contribution in [3.8, 4) is 0 Å². The van der Waals surface area contributed by atoms with Gasteiger partial charge in [-0.1, -0.05) is 36.8 Å². The van der Waals surface area contributed by atoms with Gasteiger partial charge in [-0.2, -0.15) is 0 Å². The number of nitrogens with one attached hydrogen (secondary N) is 2. The fraction of sp³-hybridized carbons (Fsp3) is 0.235. The van der Waals surface area contributed by atoms with Gasteiger partial charge in [0.05, 0.1) is 4.90 Å². The quantitative estimate of drug-likeness (QED) is 0.852. The van der Waals surface area contributed by atoms with E-state index in [0.717, 1.165) is 11.1 Å². The van der Waals surface area contributed by atoms with Crippen molar-refractivity contribution in [1.82, 2.24) is 10.0 Å². The van der Waals surface area contributed by atoms with Gasteiger partial charge in [-0.25, -0.2) is 13.1 Å². The molecule has 0 bridgehead atoms. The second-order valence-corrected chi connectivity index (χ2v) is 6.96. The molecule has 5 nitrogen and oxygen atoms in total. The smallest absolute Gasteiger partial charge is 0.251 e. The number of hydrogen-bond donors (Lipinski definition) is 2. The van der Waals surface area contributed by atoms with E-state index in [1.165, 1.54) is 24.3 Å². The van der Waals surface area contributed by atoms with Crippen molar-refractivity contribution in [1.29, 1.82) is 0 Å². The summed E-state index contributed by atoms with van der Waals surface area (Å²) in [4.78, 5) is 12.3. The molecule has 0 spiro atoms. The second-order valence-electron chi connectivity index (χ2n) is 5.20. The van der Waals surface area contributed by atoms with Crippen molar-refractivity contribution in [2.24, 2.45) is 0 Å². The summed E-state index contributed by atoms with van der Waals surface area (Å²) >= 11 is 0. The van der Waals surface area contributed by atoms with Crippen molar-refractivity contribution < 1.29 is 13.2 Å². The van der Waals surface area contributed by atoms with Crippen LogP contribution in [-0.4, -0.2) is 20.9 Å². The molecular formula is C17H20N2O3S. The average Bonchev–Trinajstić information content (AvgIpc) is 2.53. The van der Waals surface area contributed by atoms with E-state index in [4.69, 9.17) is 0 Å². The first-order valence-electron chi connectivity index (χ1n) is 7.36. The molecule has 0 aromatic heterocycles. The van der Waals surface area contributed by atoms with Gasteiger partial charge in [0.15, 0.2) is 0 Å². The third-order valence-corrected chi connectivity index (χ3v) is 4.86. The van der Waals surface area contributed by atoms with Crippen molar-refractivity contribution in [3.63, 3.8) is 0 Å². The Bertz CT molecular complexity index is 784. The summed E-state index contributed by atoms with van der Waals surface area (Å²) in [5.74, 6) is -0.237. The molecule has 122 valence electrons. The Morgan fingerprint density at radius 3 is 2.39 bits per heavy atom. The topological polar surface area (TPSA) is 75.3 Å². The Kier molecular flexibility index (Phi) is 5.52. The minimum atomic E-state index is -3.49. The minimum Gasteiger partial charge on any atom is -0.348 e. The number of benzene rings is 2. The van der Waals surface area contributed by atoms with Crippen LogP contribution >= 0.6 is 0 Å². The highest BCUT2D eigenvalue weighted by Gasteiger charge is 2.13. The van der Waals surface area contributed by atoms with Crippen LogP contribution in [-0.2, 0) is 16.6 Å². The molecule has 2 N–H and O–H groups in total. The molecule has 0 aliphatic carbocycles. The molecule has 0 unspecified atom stereocenters. The Hall–Kier alpha value is -2.18. The van der Waals surface area contributed by atoms with Gasteiger partial charge in [0.1, 0.15) is 0 Å². The Labute approximate surface area is 136 Å². The Morgan fingerprint density at radius 1 is 1.09 bits per heavy atom. The summed E-state index contributed by atoms with van der Waals surface area (Å²) in [6.45, 7) is 4.46. The molecule has 0 fully saturated rings. The molecule has 2 aromatic rings. The zero-order valence-corrected chi connectivity index (χ0v) is 14.0. The monoisotopic (exact) mass is 332 g/mol. The normalized spacial score (nSPS) is 11.2. The van der Waals surface area contributed by atoms with Crippen LogP contribution < -0.4 is 10.0 Å². The van der Waals surface area contributed by atoms with E-state index >= 15 is 0 Å². The van der Waals surface area contributed by atoms with Crippen LogP contribution in [0.3, 0.4) is 0 Å². The highest BCUT2D eigenvalue weighted by atomic mass is 32.2. The molecule has 0 saturated heterocycles. The summed E-state index contributed by atoms with van der Waals surface area (Å²) in [5.41, 5.74) is 2.58. The number of rotatable bonds is 6. The molecule has 6 heteroatoms. The van der Waals surface area contributed by atoms with E-state index in [2.05, 4.69) is 10.0 Å². The first kappa shape index (κ1) is 17.2. The van der Waals surface area contributed by atoms with Gasteiger partial charge in [0, 0.05) is 18.7 Å². The van der Waals surface area contributed by atoms with E-state index in [1.807, 2.05) is 31.2 Å². The molecule has 0 saturated carbocycles. The van der Waals surface area contributed by atoms with Crippen LogP contribution in [0.5, 0.6) is 0 Å². The lowest BCUT2D eigenvalue weighted by Gasteiger charge is -2.08. The van der Waals surface area contributed by atoms with Crippen molar-refractivity contribution in [3.05, 3.63) is 65.2 Å². The number of aryl methyl sites for hydroxylation is 1. The van der Waals surface area contributed by atoms with Crippen molar-refractivity contribution >= 4 is 15.9 Å². The first-order valence-corrected chi connectivity index (χ1v) is 8.84. The molecule has 0 aliphatic heterocycles. The zero-order chi connectivity index (χ0) is 16.9. The maximum atomic E-state index is 12.1. The zero-order valence-electron chi connectivity index (χ0n) is 13.2. The summed E-state index contributed by atoms with van der Waals surface area (Å²) in [7, 11) is -3.49. The maximum Gasteiger partial charge on any atom is 0.251 e. The summed E-state index contributed by atoms with van der Waals surface area (Å²) in [6.07, 6.45) is 0. The molecule has 2 aromatic carbocycles. The molecular weight excluding hydrogens is 312 g/mol. The van der Waals surface area contributed by atoms with Gasteiger partial charge in [0.2, 0.25) is 10.0 Å². The van der Waals surface area contributed by atoms with Crippen LogP contribution in [0.25, 0.3) is 0 Å². The number of carbonyl (C=O) groups is 1. The fourth-order valence-electron chi connectivity index (χ4n) is 2.17. The summed E-state index contributed by atoms with van der Waals surface area (Å²) in [5, 5.41) is 2.82. The predicted molar refractivity (Wildman–Crippen MR) is 89.7 cm³/mol. The lowest BCUT2D eigenvalue weighted by atomic mass is 10.1. The lowest BCUT2D eigenvalue weighted by molar-refractivity contribution is 0.0951. The standard InChI is InChI=1S/C17H20N2O3S/c1-3-19-23(21,22)16-9-7-15(8-10-16)17(20)18-12-14-6-4-5-13(2)11-14/h4-11,19H,3,12H2,1-2H3,(H,18,20). The van der Waals surface area contributed by atoms with Crippen LogP contribution in [0.4, 0.5) is 0 Å². The predicted octanol–water partition coefficient (Wildman–Crippen LogP) is 2.22. The summed E-state index contributed by atoms with van der Waals surface area (Å²) < 4.78 is 26.1. The summed E-state index contributed by atoms with van der Waals surface area (Å²) in [6, 6.07) is 13.8. The fourth-order valence-corrected chi connectivity index (χ4v) is 3.21. The van der Waals surface area contributed by atoms with E-state index in [-0.39, 0.29) is 10.8 Å². The van der Waals surface area contributed by atoms with Crippen molar-refractivity contribution in [2.45, 2.75) is 25.3 Å². The van der Waals surface area contributed by atoms with E-state index < -0.39 is 10.0 Å². The first-order chi connectivity index (χ1) is 10.9. The van der Waals surface area contributed by atoms with Crippen LogP contribution in [0.15, 0.2) is 53.4 Å². The molecule has 0 aliphatic rings. The highest BCUT2D eigenvalue weighted by Crippen LogP contribution is 2.11. The Morgan fingerprint density at radius 2 is 1.78 bits per heavy atom. The SMILES string of the molecule is CCNS(=O)(=O)c1ccc(C(=O)NCc2cccc(C)c2)cc1. The number of sulfonamides is 1. The van der Waals surface area contributed by atoms with Crippen LogP contribution in [0.1, 0.15) is 28.4 Å². The van der Waals surface area contributed by atoms with E-state index in [1.54, 1.807) is 6.92 Å². The van der Waals surface area contributed by atoms with Crippen molar-refractivity contribution in [2.75, 3.05) is 6.54 Å². The van der Waals surface area contributed by atoms with Gasteiger partial charge in [0.25, 0.3) is 5.91 Å². The van der Waals surface area contributed by atoms with Gasteiger partial charge in [-0.3, -0.25) is 4.79 Å². The van der Waals surface area contributed by atoms with Gasteiger partial charge >= 0.3 is 0 Å². The Balaban J connectivity index is 2.03. The molecule has 2 rings (SSSR count). The number of hydrogen-bond acceptors (Lipinski definition) is 3. The third-order valence-electron chi connectivity index (χ3n) is 3.30. The molecule has 0 radical (unpaired) electrons. The number of carbonyl (C=O) groups excluding carboxylic acids is 1. The largest absolute Gasteiger partial charge is 0.348 e. The minimum absolute atomic E-state index is 0.148. The third kappa shape index (κ3) is 4.64. The lowest BCUT2D eigenvalue weighted by Crippen LogP contribution is -2.24. The molecule has 0 heterocycles. The van der Waals surface area contributed by atoms with Gasteiger partial charge in [-0.15, -0.1) is 0 Å². The van der Waals surface area contributed by atoms with Gasteiger partial charge in [-0.05, 0) is 36.8 Å². The van der Waals surface area contributed by atoms with E-state index in [0.29, 0.717) is 18.7 Å². The average molecular weight is 332 g/mol. The molecule has 1 amide bonds. The molecule has 23 heavy (non-hydrogen) atoms. The maximum absolute atomic E-state index is 12.1.